The van der Waals surface area contributed by atoms with E-state index in [1.165, 1.54) is 18.2 Å². The van der Waals surface area contributed by atoms with E-state index in [1.807, 2.05) is 6.07 Å². The van der Waals surface area contributed by atoms with E-state index in [1.54, 1.807) is 0 Å². The first-order chi connectivity index (χ1) is 5.74. The number of hydrogen-bond donors (Lipinski definition) is 0. The molecular weight excluding hydrogens is 225 g/mol. The molecule has 0 radical (unpaired) electrons. The number of benzene rings is 1. The van der Waals surface area contributed by atoms with Crippen molar-refractivity contribution in [1.82, 2.24) is 0 Å². The van der Waals surface area contributed by atoms with Crippen LogP contribution in [-0.2, 0) is 0 Å². The van der Waals surface area contributed by atoms with Crippen molar-refractivity contribution in [2.45, 2.75) is 0 Å². The summed E-state index contributed by atoms with van der Waals surface area (Å²) in [6, 6.07) is 6.04. The Morgan fingerprint density at radius 3 is 2.92 bits per heavy atom. The van der Waals surface area contributed by atoms with Crippen molar-refractivity contribution >= 4 is 15.9 Å². The Morgan fingerprint density at radius 2 is 2.33 bits per heavy atom. The maximum Gasteiger partial charge on any atom is 0.174 e. The first kappa shape index (κ1) is 9.01. The maximum atomic E-state index is 12.7. The molecule has 2 nitrogen and oxygen atoms in total. The third-order valence-corrected chi connectivity index (χ3v) is 1.80. The standard InChI is InChI=1S/C8H5BrFNO/c9-7-5-6(12-4-3-11)1-2-8(7)10/h1-2,5H,4H2. The highest BCUT2D eigenvalue weighted by Crippen LogP contribution is 2.21. The van der Waals surface area contributed by atoms with Crippen LogP contribution < -0.4 is 4.74 Å². The first-order valence-electron chi connectivity index (χ1n) is 3.19. The lowest BCUT2D eigenvalue weighted by Gasteiger charge is -2.01. The fraction of sp³-hybridized carbons (Fsp3) is 0.125. The van der Waals surface area contributed by atoms with Crippen molar-refractivity contribution in [2.24, 2.45) is 0 Å². The predicted octanol–water partition coefficient (Wildman–Crippen LogP) is 2.49. The molecule has 62 valence electrons. The summed E-state index contributed by atoms with van der Waals surface area (Å²) in [4.78, 5) is 0. The summed E-state index contributed by atoms with van der Waals surface area (Å²) in [6.45, 7) is -0.0297. The van der Waals surface area contributed by atoms with E-state index in [0.717, 1.165) is 0 Å². The first-order valence-corrected chi connectivity index (χ1v) is 3.98. The van der Waals surface area contributed by atoms with Crippen LogP contribution in [0.25, 0.3) is 0 Å². The molecule has 0 aromatic heterocycles. The van der Waals surface area contributed by atoms with Gasteiger partial charge in [-0.3, -0.25) is 0 Å². The summed E-state index contributed by atoms with van der Waals surface area (Å²) in [5.41, 5.74) is 0. The van der Waals surface area contributed by atoms with Gasteiger partial charge in [0.05, 0.1) is 4.47 Å². The number of rotatable bonds is 2. The largest absolute Gasteiger partial charge is 0.479 e. The van der Waals surface area contributed by atoms with E-state index in [-0.39, 0.29) is 12.4 Å². The Labute approximate surface area is 77.7 Å². The van der Waals surface area contributed by atoms with E-state index >= 15 is 0 Å². The van der Waals surface area contributed by atoms with Crippen LogP contribution in [0.2, 0.25) is 0 Å². The molecule has 0 fully saturated rings. The second-order valence-electron chi connectivity index (χ2n) is 2.02. The van der Waals surface area contributed by atoms with Crippen molar-refractivity contribution in [3.8, 4) is 11.8 Å². The number of nitriles is 1. The molecule has 1 aromatic rings. The Kier molecular flexibility index (Phi) is 3.06. The highest BCUT2D eigenvalue weighted by Gasteiger charge is 1.99. The summed E-state index contributed by atoms with van der Waals surface area (Å²) in [5, 5.41) is 8.19. The number of nitrogens with zero attached hydrogens (tertiary/aromatic N) is 1. The SMILES string of the molecule is N#CCOc1ccc(F)c(Br)c1. The topological polar surface area (TPSA) is 33.0 Å². The summed E-state index contributed by atoms with van der Waals surface area (Å²) in [6.07, 6.45) is 0. The summed E-state index contributed by atoms with van der Waals surface area (Å²) < 4.78 is 17.9. The quantitative estimate of drug-likeness (QED) is 0.781. The van der Waals surface area contributed by atoms with Gasteiger partial charge < -0.3 is 4.74 Å². The van der Waals surface area contributed by atoms with Crippen molar-refractivity contribution in [2.75, 3.05) is 6.61 Å². The smallest absolute Gasteiger partial charge is 0.174 e. The molecule has 0 bridgehead atoms. The zero-order valence-electron chi connectivity index (χ0n) is 6.05. The Hall–Kier alpha value is -1.08. The molecule has 0 spiro atoms. The Balaban J connectivity index is 2.77. The van der Waals surface area contributed by atoms with Crippen LogP contribution in [0.4, 0.5) is 4.39 Å². The molecule has 1 aromatic carbocycles. The normalized spacial score (nSPS) is 9.08. The summed E-state index contributed by atoms with van der Waals surface area (Å²) in [7, 11) is 0. The van der Waals surface area contributed by atoms with Crippen molar-refractivity contribution in [3.63, 3.8) is 0 Å². The maximum absolute atomic E-state index is 12.7. The average molecular weight is 230 g/mol. The van der Waals surface area contributed by atoms with Gasteiger partial charge in [-0.25, -0.2) is 4.39 Å². The lowest BCUT2D eigenvalue weighted by Crippen LogP contribution is -1.93. The van der Waals surface area contributed by atoms with E-state index in [2.05, 4.69) is 15.9 Å². The van der Waals surface area contributed by atoms with Gasteiger partial charge >= 0.3 is 0 Å². The molecule has 1 rings (SSSR count). The van der Waals surface area contributed by atoms with E-state index in [0.29, 0.717) is 10.2 Å². The Morgan fingerprint density at radius 1 is 1.58 bits per heavy atom. The number of ether oxygens (including phenoxy) is 1. The molecule has 0 unspecified atom stereocenters. The Bertz CT molecular complexity index is 321. The molecule has 0 N–H and O–H groups in total. The number of halogens is 2. The highest BCUT2D eigenvalue weighted by molar-refractivity contribution is 9.10. The van der Waals surface area contributed by atoms with Gasteiger partial charge in [-0.2, -0.15) is 5.26 Å². The third-order valence-electron chi connectivity index (χ3n) is 1.19. The fourth-order valence-electron chi connectivity index (χ4n) is 0.682. The van der Waals surface area contributed by atoms with Gasteiger partial charge in [0.1, 0.15) is 17.6 Å². The van der Waals surface area contributed by atoms with Crippen LogP contribution in [-0.4, -0.2) is 6.61 Å². The van der Waals surface area contributed by atoms with Gasteiger partial charge in [-0.15, -0.1) is 0 Å². The monoisotopic (exact) mass is 229 g/mol. The van der Waals surface area contributed by atoms with Crippen molar-refractivity contribution < 1.29 is 9.13 Å². The molecule has 0 aliphatic rings. The van der Waals surface area contributed by atoms with Crippen LogP contribution in [0.1, 0.15) is 0 Å². The molecule has 0 amide bonds. The van der Waals surface area contributed by atoms with E-state index in [4.69, 9.17) is 10.00 Å². The van der Waals surface area contributed by atoms with Crippen molar-refractivity contribution in [1.29, 1.82) is 5.26 Å². The molecule has 0 atom stereocenters. The van der Waals surface area contributed by atoms with Crippen molar-refractivity contribution in [3.05, 3.63) is 28.5 Å². The second kappa shape index (κ2) is 4.07. The van der Waals surface area contributed by atoms with Gasteiger partial charge in [0.15, 0.2) is 6.61 Å². The lowest BCUT2D eigenvalue weighted by atomic mass is 10.3. The molecule has 0 heterocycles. The van der Waals surface area contributed by atoms with Crippen LogP contribution in [0.3, 0.4) is 0 Å². The highest BCUT2D eigenvalue weighted by atomic mass is 79.9. The molecule has 4 heteroatoms. The minimum absolute atomic E-state index is 0.0297. The van der Waals surface area contributed by atoms with Crippen LogP contribution >= 0.6 is 15.9 Å². The molecule has 0 saturated carbocycles. The zero-order chi connectivity index (χ0) is 8.97. The van der Waals surface area contributed by atoms with Gasteiger partial charge in [0.25, 0.3) is 0 Å². The summed E-state index contributed by atoms with van der Waals surface area (Å²) in [5.74, 6) is 0.129. The van der Waals surface area contributed by atoms with Crippen LogP contribution in [0.15, 0.2) is 22.7 Å². The minimum atomic E-state index is -0.348. The van der Waals surface area contributed by atoms with Gasteiger partial charge in [0.2, 0.25) is 0 Å². The van der Waals surface area contributed by atoms with E-state index in [9.17, 15) is 4.39 Å². The zero-order valence-corrected chi connectivity index (χ0v) is 7.64. The second-order valence-corrected chi connectivity index (χ2v) is 2.88. The summed E-state index contributed by atoms with van der Waals surface area (Å²) >= 11 is 3.00. The number of hydrogen-bond acceptors (Lipinski definition) is 2. The molecular formula is C8H5BrFNO. The minimum Gasteiger partial charge on any atom is -0.479 e. The average Bonchev–Trinajstić information content (AvgIpc) is 2.07. The van der Waals surface area contributed by atoms with Crippen LogP contribution in [0.5, 0.6) is 5.75 Å². The molecule has 0 aliphatic carbocycles. The lowest BCUT2D eigenvalue weighted by molar-refractivity contribution is 0.367. The molecule has 0 saturated heterocycles. The predicted molar refractivity (Wildman–Crippen MR) is 45.2 cm³/mol. The van der Waals surface area contributed by atoms with Gasteiger partial charge in [0, 0.05) is 0 Å². The molecule has 12 heavy (non-hydrogen) atoms. The molecule has 0 aliphatic heterocycles. The van der Waals surface area contributed by atoms with Gasteiger partial charge in [-0.05, 0) is 34.1 Å². The van der Waals surface area contributed by atoms with Crippen LogP contribution in [0, 0.1) is 17.1 Å². The van der Waals surface area contributed by atoms with E-state index < -0.39 is 0 Å². The third kappa shape index (κ3) is 2.21. The fourth-order valence-corrected chi connectivity index (χ4v) is 1.04. The van der Waals surface area contributed by atoms with Gasteiger partial charge in [-0.1, -0.05) is 0 Å².